The SMILES string of the molecule is COCC(C)CCS.COc1ccc2nc(CCCC3CCC4C5CCC6CCCCC6(C)C5CCC34C)ncc2c1. The first-order valence-electron chi connectivity index (χ1n) is 17.2. The number of hydrogen-bond donors (Lipinski definition) is 1. The molecule has 0 radical (unpaired) electrons. The lowest BCUT2D eigenvalue weighted by Gasteiger charge is -2.60. The van der Waals surface area contributed by atoms with Crippen molar-refractivity contribution in [3.05, 3.63) is 30.2 Å². The van der Waals surface area contributed by atoms with Crippen molar-refractivity contribution in [2.75, 3.05) is 26.6 Å². The molecule has 0 aliphatic heterocycles. The summed E-state index contributed by atoms with van der Waals surface area (Å²) in [6.45, 7) is 8.43. The van der Waals surface area contributed by atoms with Gasteiger partial charge in [-0.1, -0.05) is 33.6 Å². The molecule has 4 aliphatic carbocycles. The first-order valence-corrected chi connectivity index (χ1v) is 17.8. The van der Waals surface area contributed by atoms with E-state index in [4.69, 9.17) is 14.5 Å². The lowest BCUT2D eigenvalue weighted by Crippen LogP contribution is -2.52. The van der Waals surface area contributed by atoms with Crippen LogP contribution >= 0.6 is 12.6 Å². The van der Waals surface area contributed by atoms with E-state index in [0.29, 0.717) is 16.7 Å². The summed E-state index contributed by atoms with van der Waals surface area (Å²) in [5.41, 5.74) is 2.28. The standard InChI is InChI=1S/C31H44N2O.C6H14OS/c1-30-17-5-4-7-22(30)10-13-25-26-14-11-23(31(26,2)18-16-27(25)30)8-6-9-29-32-20-21-19-24(34-3)12-15-28(21)33-29;1-6(3-4-8)5-7-2/h12,15,19-20,22-23,25-27H,4-11,13-14,16-18H2,1-3H3;6,8H,3-5H2,1-2H3. The van der Waals surface area contributed by atoms with Crippen LogP contribution in [0.1, 0.15) is 110 Å². The second-order valence-electron chi connectivity index (χ2n) is 14.9. The van der Waals surface area contributed by atoms with Gasteiger partial charge in [-0.3, -0.25) is 0 Å². The molecule has 2 aromatic rings. The van der Waals surface area contributed by atoms with Crippen LogP contribution in [0.25, 0.3) is 10.9 Å². The molecule has 1 aromatic heterocycles. The van der Waals surface area contributed by atoms with Crippen molar-refractivity contribution < 1.29 is 9.47 Å². The van der Waals surface area contributed by atoms with Gasteiger partial charge in [0, 0.05) is 31.7 Å². The molecule has 8 atom stereocenters. The average molecular weight is 595 g/mol. The maximum absolute atomic E-state index is 5.34. The molecule has 0 saturated heterocycles. The van der Waals surface area contributed by atoms with Gasteiger partial charge in [0.2, 0.25) is 0 Å². The molecule has 42 heavy (non-hydrogen) atoms. The second-order valence-corrected chi connectivity index (χ2v) is 15.3. The average Bonchev–Trinajstić information content (AvgIpc) is 3.33. The minimum absolute atomic E-state index is 0.583. The number of ether oxygens (including phenoxy) is 2. The summed E-state index contributed by atoms with van der Waals surface area (Å²) in [5, 5.41) is 1.06. The van der Waals surface area contributed by atoms with Crippen molar-refractivity contribution in [2.24, 2.45) is 46.3 Å². The summed E-state index contributed by atoms with van der Waals surface area (Å²) in [5.74, 6) is 8.47. The molecule has 4 fully saturated rings. The van der Waals surface area contributed by atoms with Gasteiger partial charge in [-0.15, -0.1) is 0 Å². The van der Waals surface area contributed by atoms with Gasteiger partial charge in [0.05, 0.1) is 12.6 Å². The van der Waals surface area contributed by atoms with E-state index in [1.54, 1.807) is 14.2 Å². The molecule has 4 nitrogen and oxygen atoms in total. The summed E-state index contributed by atoms with van der Waals surface area (Å²) in [6, 6.07) is 6.08. The molecule has 5 heteroatoms. The summed E-state index contributed by atoms with van der Waals surface area (Å²) < 4.78 is 10.3. The number of methoxy groups -OCH3 is 2. The third kappa shape index (κ3) is 6.67. The third-order valence-corrected chi connectivity index (χ3v) is 12.9. The highest BCUT2D eigenvalue weighted by Gasteiger charge is 2.59. The Morgan fingerprint density at radius 2 is 1.81 bits per heavy atom. The Labute approximate surface area is 262 Å². The molecule has 4 aliphatic rings. The number of benzene rings is 1. The van der Waals surface area contributed by atoms with Crippen LogP contribution in [0, 0.1) is 46.3 Å². The monoisotopic (exact) mass is 594 g/mol. The largest absolute Gasteiger partial charge is 0.497 e. The van der Waals surface area contributed by atoms with Gasteiger partial charge in [-0.2, -0.15) is 12.6 Å². The van der Waals surface area contributed by atoms with E-state index in [1.807, 2.05) is 18.3 Å². The van der Waals surface area contributed by atoms with Crippen LogP contribution in [0.3, 0.4) is 0 Å². The third-order valence-electron chi connectivity index (χ3n) is 12.6. The number of nitrogens with zero attached hydrogens (tertiary/aromatic N) is 2. The molecule has 0 spiro atoms. The lowest BCUT2D eigenvalue weighted by atomic mass is 9.45. The number of fused-ring (bicyclic) bond motifs is 6. The van der Waals surface area contributed by atoms with Crippen molar-refractivity contribution in [2.45, 2.75) is 111 Å². The Hall–Kier alpha value is -1.33. The normalized spacial score (nSPS) is 34.5. The highest BCUT2D eigenvalue weighted by molar-refractivity contribution is 7.80. The fourth-order valence-corrected chi connectivity index (χ4v) is 10.7. The van der Waals surface area contributed by atoms with Gasteiger partial charge >= 0.3 is 0 Å². The van der Waals surface area contributed by atoms with E-state index in [0.717, 1.165) is 77.3 Å². The number of aromatic nitrogens is 2. The van der Waals surface area contributed by atoms with Crippen LogP contribution in [0.2, 0.25) is 0 Å². The van der Waals surface area contributed by atoms with E-state index in [1.165, 1.54) is 77.0 Å². The Balaban J connectivity index is 0.000000390. The van der Waals surface area contributed by atoms with E-state index in [2.05, 4.69) is 44.5 Å². The van der Waals surface area contributed by atoms with Crippen molar-refractivity contribution >= 4 is 23.5 Å². The minimum Gasteiger partial charge on any atom is -0.497 e. The van der Waals surface area contributed by atoms with Gasteiger partial charge < -0.3 is 9.47 Å². The fraction of sp³-hybridized carbons (Fsp3) is 0.784. The summed E-state index contributed by atoms with van der Waals surface area (Å²) >= 11 is 4.10. The zero-order valence-corrected chi connectivity index (χ0v) is 28.1. The fourth-order valence-electron chi connectivity index (χ4n) is 10.3. The van der Waals surface area contributed by atoms with Crippen LogP contribution in [-0.2, 0) is 11.2 Å². The highest BCUT2D eigenvalue weighted by Crippen LogP contribution is 2.67. The van der Waals surface area contributed by atoms with Crippen molar-refractivity contribution in [3.8, 4) is 5.75 Å². The highest BCUT2D eigenvalue weighted by atomic mass is 32.1. The van der Waals surface area contributed by atoms with E-state index in [9.17, 15) is 0 Å². The predicted octanol–water partition coefficient (Wildman–Crippen LogP) is 9.60. The Kier molecular flexibility index (Phi) is 10.8. The predicted molar refractivity (Wildman–Crippen MR) is 178 cm³/mol. The molecule has 4 saturated carbocycles. The Bertz CT molecular complexity index is 1150. The number of rotatable bonds is 9. The molecule has 0 N–H and O–H groups in total. The molecule has 0 bridgehead atoms. The quantitative estimate of drug-likeness (QED) is 0.294. The molecule has 0 amide bonds. The van der Waals surface area contributed by atoms with Crippen molar-refractivity contribution in [1.82, 2.24) is 9.97 Å². The molecule has 6 rings (SSSR count). The second kappa shape index (κ2) is 14.2. The topological polar surface area (TPSA) is 44.2 Å². The van der Waals surface area contributed by atoms with Gasteiger partial charge in [0.15, 0.2) is 0 Å². The smallest absolute Gasteiger partial charge is 0.128 e. The van der Waals surface area contributed by atoms with Crippen molar-refractivity contribution in [3.63, 3.8) is 0 Å². The van der Waals surface area contributed by atoms with E-state index >= 15 is 0 Å². The zero-order chi connectivity index (χ0) is 29.7. The van der Waals surface area contributed by atoms with Crippen LogP contribution < -0.4 is 4.74 Å². The van der Waals surface area contributed by atoms with Gasteiger partial charge in [-0.25, -0.2) is 9.97 Å². The number of thiol groups is 1. The van der Waals surface area contributed by atoms with Gasteiger partial charge in [0.1, 0.15) is 11.6 Å². The summed E-state index contributed by atoms with van der Waals surface area (Å²) in [4.78, 5) is 9.53. The van der Waals surface area contributed by atoms with Crippen LogP contribution in [0.15, 0.2) is 24.4 Å². The summed E-state index contributed by atoms with van der Waals surface area (Å²) in [7, 11) is 3.44. The molecular formula is C37H58N2O2S. The van der Waals surface area contributed by atoms with Crippen molar-refractivity contribution in [1.29, 1.82) is 0 Å². The maximum atomic E-state index is 5.34. The van der Waals surface area contributed by atoms with Gasteiger partial charge in [0.25, 0.3) is 0 Å². The minimum atomic E-state index is 0.583. The van der Waals surface area contributed by atoms with Crippen LogP contribution in [-0.4, -0.2) is 36.5 Å². The Morgan fingerprint density at radius 3 is 2.60 bits per heavy atom. The first kappa shape index (κ1) is 32.1. The maximum Gasteiger partial charge on any atom is 0.128 e. The molecular weight excluding hydrogens is 536 g/mol. The number of hydrogen-bond acceptors (Lipinski definition) is 5. The zero-order valence-electron chi connectivity index (χ0n) is 27.2. The summed E-state index contributed by atoms with van der Waals surface area (Å²) in [6.07, 6.45) is 21.8. The first-order chi connectivity index (χ1) is 20.3. The molecule has 1 heterocycles. The van der Waals surface area contributed by atoms with Crippen LogP contribution in [0.4, 0.5) is 0 Å². The van der Waals surface area contributed by atoms with E-state index in [-0.39, 0.29) is 0 Å². The number of aryl methyl sites for hydroxylation is 1. The molecule has 1 aromatic carbocycles. The van der Waals surface area contributed by atoms with E-state index < -0.39 is 0 Å². The molecule has 234 valence electrons. The molecule has 8 unspecified atom stereocenters. The lowest BCUT2D eigenvalue weighted by molar-refractivity contribution is -0.111. The van der Waals surface area contributed by atoms with Gasteiger partial charge in [-0.05, 0) is 141 Å². The Morgan fingerprint density at radius 1 is 0.976 bits per heavy atom. The van der Waals surface area contributed by atoms with Crippen LogP contribution in [0.5, 0.6) is 5.75 Å².